The molecule has 1 aromatic carbocycles. The number of carbonyl (C=O) groups is 1. The van der Waals surface area contributed by atoms with Gasteiger partial charge in [0.25, 0.3) is 0 Å². The van der Waals surface area contributed by atoms with Crippen molar-refractivity contribution in [1.82, 2.24) is 4.90 Å². The van der Waals surface area contributed by atoms with Crippen molar-refractivity contribution in [3.63, 3.8) is 0 Å². The van der Waals surface area contributed by atoms with Crippen LogP contribution in [0, 0.1) is 0 Å². The molecule has 0 radical (unpaired) electrons. The van der Waals surface area contributed by atoms with E-state index in [1.807, 2.05) is 19.2 Å². The van der Waals surface area contributed by atoms with Gasteiger partial charge in [0.05, 0.1) is 10.0 Å². The molecule has 0 saturated carbocycles. The van der Waals surface area contributed by atoms with Crippen molar-refractivity contribution in [1.29, 1.82) is 0 Å². The van der Waals surface area contributed by atoms with Crippen molar-refractivity contribution in [2.75, 3.05) is 13.6 Å². The summed E-state index contributed by atoms with van der Waals surface area (Å²) >= 11 is 11.2. The molecule has 2 rings (SSSR count). The number of amides is 1. The number of benzene rings is 1. The molecule has 1 aliphatic heterocycles. The van der Waals surface area contributed by atoms with Crippen LogP contribution >= 0.6 is 23.2 Å². The molecule has 0 bridgehead atoms. The number of halogens is 2. The highest BCUT2D eigenvalue weighted by Gasteiger charge is 2.14. The molecular weight excluding hydrogens is 233 g/mol. The number of rotatable bonds is 0. The van der Waals surface area contributed by atoms with E-state index in [1.54, 1.807) is 17.0 Å². The Balaban J connectivity index is 0.000000151. The number of nitrogens with zero attached hydrogens (tertiary/aromatic N) is 1. The first-order valence-corrected chi connectivity index (χ1v) is 5.51. The molecule has 1 amide bonds. The third kappa shape index (κ3) is 4.10. The lowest BCUT2D eigenvalue weighted by Gasteiger charge is -2.03. The fourth-order valence-corrected chi connectivity index (χ4v) is 1.49. The third-order valence-corrected chi connectivity index (χ3v) is 2.89. The highest BCUT2D eigenvalue weighted by atomic mass is 35.5. The van der Waals surface area contributed by atoms with Crippen molar-refractivity contribution in [3.8, 4) is 0 Å². The van der Waals surface area contributed by atoms with Crippen LogP contribution in [0.1, 0.15) is 12.8 Å². The molecule has 1 heterocycles. The predicted octanol–water partition coefficient (Wildman–Crippen LogP) is 3.23. The monoisotopic (exact) mass is 245 g/mol. The van der Waals surface area contributed by atoms with Crippen LogP contribution in [0.25, 0.3) is 0 Å². The Morgan fingerprint density at radius 3 is 1.93 bits per heavy atom. The Bertz CT molecular complexity index is 320. The lowest BCUT2D eigenvalue weighted by molar-refractivity contribution is -0.126. The second-order valence-electron chi connectivity index (χ2n) is 3.33. The van der Waals surface area contributed by atoms with Crippen molar-refractivity contribution in [3.05, 3.63) is 34.3 Å². The summed E-state index contributed by atoms with van der Waals surface area (Å²) in [5.74, 6) is 0.292. The number of carbonyl (C=O) groups excluding carboxylic acids is 1. The highest BCUT2D eigenvalue weighted by Crippen LogP contribution is 2.19. The molecular formula is C11H13Cl2NO. The second kappa shape index (κ2) is 5.99. The van der Waals surface area contributed by atoms with E-state index in [4.69, 9.17) is 23.2 Å². The van der Waals surface area contributed by atoms with Gasteiger partial charge in [0.1, 0.15) is 0 Å². The maximum Gasteiger partial charge on any atom is 0.222 e. The smallest absolute Gasteiger partial charge is 0.222 e. The largest absolute Gasteiger partial charge is 0.346 e. The van der Waals surface area contributed by atoms with Crippen LogP contribution in [-0.2, 0) is 4.79 Å². The molecule has 1 aliphatic rings. The van der Waals surface area contributed by atoms with Crippen LogP contribution in [-0.4, -0.2) is 24.4 Å². The van der Waals surface area contributed by atoms with Crippen LogP contribution in [0.15, 0.2) is 24.3 Å². The van der Waals surface area contributed by atoms with Crippen LogP contribution in [0.5, 0.6) is 0 Å². The molecule has 1 saturated heterocycles. The van der Waals surface area contributed by atoms with Gasteiger partial charge < -0.3 is 4.90 Å². The molecule has 0 spiro atoms. The number of likely N-dealkylation sites (tertiary alicyclic amines) is 1. The molecule has 0 N–H and O–H groups in total. The zero-order valence-corrected chi connectivity index (χ0v) is 10.1. The molecule has 15 heavy (non-hydrogen) atoms. The Labute approximate surface area is 99.8 Å². The zero-order valence-electron chi connectivity index (χ0n) is 8.54. The van der Waals surface area contributed by atoms with E-state index in [0.717, 1.165) is 19.4 Å². The second-order valence-corrected chi connectivity index (χ2v) is 4.15. The Morgan fingerprint density at radius 1 is 1.20 bits per heavy atom. The van der Waals surface area contributed by atoms with Gasteiger partial charge in [-0.1, -0.05) is 35.3 Å². The topological polar surface area (TPSA) is 20.3 Å². The standard InChI is InChI=1S/C6H4Cl2.C5H9NO/c7-5-3-1-2-4-6(5)8;1-6-4-2-3-5(6)7/h1-4H;2-4H2,1H3. The fraction of sp³-hybridized carbons (Fsp3) is 0.364. The highest BCUT2D eigenvalue weighted by molar-refractivity contribution is 6.41. The SMILES string of the molecule is CN1CCCC1=O.Clc1ccccc1Cl. The summed E-state index contributed by atoms with van der Waals surface area (Å²) in [6, 6.07) is 7.19. The first-order chi connectivity index (χ1) is 7.11. The van der Waals surface area contributed by atoms with Gasteiger partial charge in [-0.15, -0.1) is 0 Å². The summed E-state index contributed by atoms with van der Waals surface area (Å²) in [4.78, 5) is 12.3. The van der Waals surface area contributed by atoms with Crippen LogP contribution in [0.2, 0.25) is 10.0 Å². The van der Waals surface area contributed by atoms with Crippen LogP contribution < -0.4 is 0 Å². The average molecular weight is 246 g/mol. The first kappa shape index (κ1) is 12.3. The van der Waals surface area contributed by atoms with Crippen LogP contribution in [0.3, 0.4) is 0 Å². The van der Waals surface area contributed by atoms with E-state index in [9.17, 15) is 4.79 Å². The lowest BCUT2D eigenvalue weighted by Crippen LogP contribution is -2.17. The predicted molar refractivity (Wildman–Crippen MR) is 63.3 cm³/mol. The van der Waals surface area contributed by atoms with Crippen molar-refractivity contribution < 1.29 is 4.79 Å². The Kier molecular flexibility index (Phi) is 4.92. The maximum atomic E-state index is 10.5. The van der Waals surface area contributed by atoms with Gasteiger partial charge in [-0.2, -0.15) is 0 Å². The van der Waals surface area contributed by atoms with Crippen molar-refractivity contribution in [2.24, 2.45) is 0 Å². The van der Waals surface area contributed by atoms with Crippen LogP contribution in [0.4, 0.5) is 0 Å². The molecule has 0 atom stereocenters. The van der Waals surface area contributed by atoms with E-state index in [1.165, 1.54) is 0 Å². The van der Waals surface area contributed by atoms with Gasteiger partial charge in [0.2, 0.25) is 5.91 Å². The summed E-state index contributed by atoms with van der Waals surface area (Å²) in [6.07, 6.45) is 1.81. The summed E-state index contributed by atoms with van der Waals surface area (Å²) in [6.45, 7) is 0.957. The number of hydrogen-bond acceptors (Lipinski definition) is 1. The Hall–Kier alpha value is -0.730. The van der Waals surface area contributed by atoms with Gasteiger partial charge in [-0.05, 0) is 18.6 Å². The molecule has 4 heteroatoms. The van der Waals surface area contributed by atoms with Gasteiger partial charge in [0.15, 0.2) is 0 Å². The van der Waals surface area contributed by atoms with Crippen molar-refractivity contribution in [2.45, 2.75) is 12.8 Å². The van der Waals surface area contributed by atoms with Gasteiger partial charge >= 0.3 is 0 Å². The Morgan fingerprint density at radius 2 is 1.73 bits per heavy atom. The third-order valence-electron chi connectivity index (χ3n) is 2.13. The minimum absolute atomic E-state index is 0.292. The molecule has 1 fully saturated rings. The molecule has 1 aromatic rings. The summed E-state index contributed by atoms with van der Waals surface area (Å²) < 4.78 is 0. The molecule has 0 aromatic heterocycles. The van der Waals surface area contributed by atoms with Crippen molar-refractivity contribution >= 4 is 29.1 Å². The normalized spacial score (nSPS) is 14.9. The van der Waals surface area contributed by atoms with Gasteiger partial charge in [-0.3, -0.25) is 4.79 Å². The van der Waals surface area contributed by atoms with E-state index in [-0.39, 0.29) is 0 Å². The minimum atomic E-state index is 0.292. The summed E-state index contributed by atoms with van der Waals surface area (Å²) in [5, 5.41) is 1.21. The zero-order chi connectivity index (χ0) is 11.3. The summed E-state index contributed by atoms with van der Waals surface area (Å²) in [5.41, 5.74) is 0. The maximum absolute atomic E-state index is 10.5. The quantitative estimate of drug-likeness (QED) is 0.688. The lowest BCUT2D eigenvalue weighted by atomic mass is 10.4. The van der Waals surface area contributed by atoms with E-state index in [0.29, 0.717) is 16.0 Å². The minimum Gasteiger partial charge on any atom is -0.346 e. The fourth-order valence-electron chi connectivity index (χ4n) is 1.22. The summed E-state index contributed by atoms with van der Waals surface area (Å²) in [7, 11) is 1.84. The van der Waals surface area contributed by atoms with Gasteiger partial charge in [-0.25, -0.2) is 0 Å². The first-order valence-electron chi connectivity index (χ1n) is 4.75. The van der Waals surface area contributed by atoms with Gasteiger partial charge in [0, 0.05) is 20.0 Å². The van der Waals surface area contributed by atoms with E-state index in [2.05, 4.69) is 0 Å². The average Bonchev–Trinajstić information content (AvgIpc) is 2.57. The number of hydrogen-bond donors (Lipinski definition) is 0. The molecule has 2 nitrogen and oxygen atoms in total. The molecule has 82 valence electrons. The van der Waals surface area contributed by atoms with E-state index >= 15 is 0 Å². The molecule has 0 unspecified atom stereocenters. The van der Waals surface area contributed by atoms with E-state index < -0.39 is 0 Å². The molecule has 0 aliphatic carbocycles.